The lowest BCUT2D eigenvalue weighted by atomic mass is 10.1. The average molecular weight is 239 g/mol. The minimum Gasteiger partial charge on any atom is -0.478 e. The summed E-state index contributed by atoms with van der Waals surface area (Å²) in [6.07, 6.45) is 1.43. The van der Waals surface area contributed by atoms with Gasteiger partial charge in [0.05, 0.1) is 11.1 Å². The first kappa shape index (κ1) is 11.3. The molecule has 6 heteroatoms. The number of hydrogen-bond acceptors (Lipinski definition) is 2. The standard InChI is InChI=1S/C11H7F2NO3/c12-11(13)14-4-7(5-15)8-3-6(10(16)17)1-2-9(8)14/h1-5,11H,(H,16,17). The van der Waals surface area contributed by atoms with E-state index in [0.717, 1.165) is 6.20 Å². The highest BCUT2D eigenvalue weighted by Crippen LogP contribution is 2.26. The molecule has 1 aromatic carbocycles. The topological polar surface area (TPSA) is 59.3 Å². The Bertz CT molecular complexity index is 604. The maximum absolute atomic E-state index is 12.6. The number of rotatable bonds is 3. The number of nitrogens with zero attached hydrogens (tertiary/aromatic N) is 1. The molecular weight excluding hydrogens is 232 g/mol. The van der Waals surface area contributed by atoms with E-state index in [4.69, 9.17) is 5.11 Å². The van der Waals surface area contributed by atoms with Crippen LogP contribution in [0.1, 0.15) is 27.3 Å². The van der Waals surface area contributed by atoms with Gasteiger partial charge in [0.15, 0.2) is 6.29 Å². The highest BCUT2D eigenvalue weighted by Gasteiger charge is 2.15. The predicted octanol–water partition coefficient (Wildman–Crippen LogP) is 2.55. The number of carboxylic acid groups (broad SMARTS) is 1. The van der Waals surface area contributed by atoms with Gasteiger partial charge in [-0.1, -0.05) is 0 Å². The largest absolute Gasteiger partial charge is 0.478 e. The molecule has 0 saturated heterocycles. The second-order valence-corrected chi connectivity index (χ2v) is 3.42. The monoisotopic (exact) mass is 239 g/mol. The number of aldehydes is 1. The molecular formula is C11H7F2NO3. The maximum atomic E-state index is 12.6. The number of carboxylic acids is 1. The summed E-state index contributed by atoms with van der Waals surface area (Å²) in [5.74, 6) is -1.17. The van der Waals surface area contributed by atoms with Crippen LogP contribution >= 0.6 is 0 Å². The maximum Gasteiger partial charge on any atom is 0.335 e. The molecule has 2 rings (SSSR count). The van der Waals surface area contributed by atoms with E-state index in [2.05, 4.69) is 0 Å². The fourth-order valence-electron chi connectivity index (χ4n) is 1.67. The van der Waals surface area contributed by atoms with Gasteiger partial charge in [0.2, 0.25) is 0 Å². The third kappa shape index (κ3) is 1.77. The molecule has 0 spiro atoms. The van der Waals surface area contributed by atoms with Crippen molar-refractivity contribution in [3.8, 4) is 0 Å². The summed E-state index contributed by atoms with van der Waals surface area (Å²) in [6, 6.07) is 3.69. The van der Waals surface area contributed by atoms with Crippen LogP contribution in [0.2, 0.25) is 0 Å². The summed E-state index contributed by atoms with van der Waals surface area (Å²) in [5, 5.41) is 8.99. The molecule has 1 heterocycles. The Labute approximate surface area is 94.1 Å². The molecule has 4 nitrogen and oxygen atoms in total. The van der Waals surface area contributed by atoms with Gasteiger partial charge in [-0.05, 0) is 18.2 Å². The predicted molar refractivity (Wildman–Crippen MR) is 55.5 cm³/mol. The van der Waals surface area contributed by atoms with Crippen molar-refractivity contribution in [3.63, 3.8) is 0 Å². The third-order valence-corrected chi connectivity index (χ3v) is 2.45. The number of carbonyl (C=O) groups is 2. The zero-order valence-corrected chi connectivity index (χ0v) is 8.43. The van der Waals surface area contributed by atoms with Crippen molar-refractivity contribution >= 4 is 23.2 Å². The summed E-state index contributed by atoms with van der Waals surface area (Å²) in [4.78, 5) is 21.5. The quantitative estimate of drug-likeness (QED) is 0.837. The molecule has 0 fully saturated rings. The van der Waals surface area contributed by atoms with Crippen LogP contribution in [0.3, 0.4) is 0 Å². The van der Waals surface area contributed by atoms with Gasteiger partial charge in [-0.25, -0.2) is 4.79 Å². The molecule has 2 aromatic rings. The Kier molecular flexibility index (Phi) is 2.63. The minimum atomic E-state index is -2.78. The van der Waals surface area contributed by atoms with Crippen LogP contribution in [0, 0.1) is 0 Å². The summed E-state index contributed by atoms with van der Waals surface area (Å²) in [6.45, 7) is -2.78. The average Bonchev–Trinajstić information content (AvgIpc) is 2.66. The lowest BCUT2D eigenvalue weighted by molar-refractivity contribution is 0.0696. The number of aromatic carboxylic acids is 1. The van der Waals surface area contributed by atoms with Crippen molar-refractivity contribution in [3.05, 3.63) is 35.5 Å². The third-order valence-electron chi connectivity index (χ3n) is 2.45. The number of halogens is 2. The van der Waals surface area contributed by atoms with E-state index in [9.17, 15) is 18.4 Å². The van der Waals surface area contributed by atoms with Crippen LogP contribution in [0.5, 0.6) is 0 Å². The first-order valence-electron chi connectivity index (χ1n) is 4.66. The zero-order chi connectivity index (χ0) is 12.6. The molecule has 0 aliphatic carbocycles. The van der Waals surface area contributed by atoms with Crippen LogP contribution < -0.4 is 0 Å². The molecule has 1 N–H and O–H groups in total. The summed E-state index contributed by atoms with van der Waals surface area (Å²) in [7, 11) is 0. The van der Waals surface area contributed by atoms with Gasteiger partial charge in [-0.2, -0.15) is 8.78 Å². The van der Waals surface area contributed by atoms with Crippen molar-refractivity contribution < 1.29 is 23.5 Å². The summed E-state index contributed by atoms with van der Waals surface area (Å²) in [5.41, 5.74) is 0.128. The van der Waals surface area contributed by atoms with E-state index in [1.807, 2.05) is 0 Å². The van der Waals surface area contributed by atoms with Crippen molar-refractivity contribution in [2.75, 3.05) is 0 Å². The lowest BCUT2D eigenvalue weighted by Crippen LogP contribution is -1.97. The van der Waals surface area contributed by atoms with E-state index in [1.165, 1.54) is 18.2 Å². The van der Waals surface area contributed by atoms with Gasteiger partial charge in [-0.3, -0.25) is 9.36 Å². The number of fused-ring (bicyclic) bond motifs is 1. The van der Waals surface area contributed by atoms with Gasteiger partial charge in [-0.15, -0.1) is 0 Å². The SMILES string of the molecule is O=Cc1cn(C(F)F)c2ccc(C(=O)O)cc12. The van der Waals surface area contributed by atoms with Gasteiger partial charge >= 0.3 is 12.5 Å². The van der Waals surface area contributed by atoms with E-state index in [1.54, 1.807) is 0 Å². The number of hydrogen-bond donors (Lipinski definition) is 1. The Hall–Kier alpha value is -2.24. The number of aromatic nitrogens is 1. The molecule has 0 unspecified atom stereocenters. The zero-order valence-electron chi connectivity index (χ0n) is 8.43. The van der Waals surface area contributed by atoms with Gasteiger partial charge in [0.25, 0.3) is 0 Å². The smallest absolute Gasteiger partial charge is 0.335 e. The van der Waals surface area contributed by atoms with Crippen molar-refractivity contribution in [2.24, 2.45) is 0 Å². The molecule has 17 heavy (non-hydrogen) atoms. The molecule has 1 aromatic heterocycles. The normalized spacial score (nSPS) is 11.0. The Balaban J connectivity index is 2.76. The Morgan fingerprint density at radius 2 is 2.12 bits per heavy atom. The van der Waals surface area contributed by atoms with Gasteiger partial charge in [0.1, 0.15) is 0 Å². The second-order valence-electron chi connectivity index (χ2n) is 3.42. The lowest BCUT2D eigenvalue weighted by Gasteiger charge is -2.02. The van der Waals surface area contributed by atoms with Crippen LogP contribution in [0.25, 0.3) is 10.9 Å². The van der Waals surface area contributed by atoms with Gasteiger partial charge in [0, 0.05) is 17.1 Å². The van der Waals surface area contributed by atoms with E-state index >= 15 is 0 Å². The van der Waals surface area contributed by atoms with E-state index in [-0.39, 0.29) is 22.0 Å². The molecule has 0 amide bonds. The van der Waals surface area contributed by atoms with Crippen molar-refractivity contribution in [2.45, 2.75) is 6.55 Å². The molecule has 0 aliphatic heterocycles. The number of alkyl halides is 2. The fourth-order valence-corrected chi connectivity index (χ4v) is 1.67. The van der Waals surface area contributed by atoms with E-state index < -0.39 is 12.5 Å². The molecule has 0 aliphatic rings. The molecule has 0 saturated carbocycles. The Morgan fingerprint density at radius 3 is 2.65 bits per heavy atom. The van der Waals surface area contributed by atoms with Crippen LogP contribution in [-0.4, -0.2) is 21.9 Å². The molecule has 88 valence electrons. The number of carbonyl (C=O) groups excluding carboxylic acids is 1. The first-order valence-corrected chi connectivity index (χ1v) is 4.66. The second kappa shape index (κ2) is 3.97. The van der Waals surface area contributed by atoms with Crippen LogP contribution in [-0.2, 0) is 0 Å². The van der Waals surface area contributed by atoms with Crippen molar-refractivity contribution in [1.82, 2.24) is 4.57 Å². The highest BCUT2D eigenvalue weighted by molar-refractivity contribution is 6.01. The Morgan fingerprint density at radius 1 is 1.41 bits per heavy atom. The van der Waals surface area contributed by atoms with Crippen LogP contribution in [0.15, 0.2) is 24.4 Å². The first-order chi connectivity index (χ1) is 8.04. The summed E-state index contributed by atoms with van der Waals surface area (Å²) < 4.78 is 25.9. The molecule has 0 bridgehead atoms. The van der Waals surface area contributed by atoms with E-state index in [0.29, 0.717) is 10.9 Å². The number of benzene rings is 1. The van der Waals surface area contributed by atoms with Gasteiger partial charge < -0.3 is 5.11 Å². The summed E-state index contributed by atoms with van der Waals surface area (Å²) >= 11 is 0. The van der Waals surface area contributed by atoms with Crippen LogP contribution in [0.4, 0.5) is 8.78 Å². The molecule has 0 radical (unpaired) electrons. The minimum absolute atomic E-state index is 0.0448. The van der Waals surface area contributed by atoms with Crippen molar-refractivity contribution in [1.29, 1.82) is 0 Å². The molecule has 0 atom stereocenters. The fraction of sp³-hybridized carbons (Fsp3) is 0.0909. The highest BCUT2D eigenvalue weighted by atomic mass is 19.3.